The minimum absolute atomic E-state index is 0.249. The SMILES string of the molecule is C=CCc1ccc(C=NN=Cc2ccc(C)cc2)cc1F. The highest BCUT2D eigenvalue weighted by molar-refractivity contribution is 5.82. The molecule has 0 aliphatic heterocycles. The second-order valence-corrected chi connectivity index (χ2v) is 4.74. The van der Waals surface area contributed by atoms with Crippen molar-refractivity contribution in [2.45, 2.75) is 13.3 Å². The lowest BCUT2D eigenvalue weighted by atomic mass is 10.1. The van der Waals surface area contributed by atoms with Gasteiger partial charge in [0.15, 0.2) is 0 Å². The summed E-state index contributed by atoms with van der Waals surface area (Å²) < 4.78 is 13.7. The molecule has 106 valence electrons. The zero-order valence-electron chi connectivity index (χ0n) is 12.0. The van der Waals surface area contributed by atoms with Crippen molar-refractivity contribution in [3.8, 4) is 0 Å². The van der Waals surface area contributed by atoms with Gasteiger partial charge >= 0.3 is 0 Å². The maximum absolute atomic E-state index is 13.7. The highest BCUT2D eigenvalue weighted by Gasteiger charge is 2.00. The van der Waals surface area contributed by atoms with Crippen LogP contribution in [0.25, 0.3) is 0 Å². The summed E-state index contributed by atoms with van der Waals surface area (Å²) >= 11 is 0. The summed E-state index contributed by atoms with van der Waals surface area (Å²) in [4.78, 5) is 0. The van der Waals surface area contributed by atoms with Crippen molar-refractivity contribution in [2.75, 3.05) is 0 Å². The van der Waals surface area contributed by atoms with Crippen LogP contribution in [0.2, 0.25) is 0 Å². The van der Waals surface area contributed by atoms with E-state index in [4.69, 9.17) is 0 Å². The standard InChI is InChI=1S/C18H17FN2/c1-3-4-17-10-9-16(11-18(17)19)13-21-20-12-15-7-5-14(2)6-8-15/h3,5-13H,1,4H2,2H3. The molecule has 0 N–H and O–H groups in total. The molecule has 3 heteroatoms. The van der Waals surface area contributed by atoms with Gasteiger partial charge < -0.3 is 0 Å². The number of benzene rings is 2. The Morgan fingerprint density at radius 1 is 1.00 bits per heavy atom. The van der Waals surface area contributed by atoms with E-state index in [1.807, 2.05) is 37.3 Å². The fraction of sp³-hybridized carbons (Fsp3) is 0.111. The lowest BCUT2D eigenvalue weighted by Gasteiger charge is -2.00. The van der Waals surface area contributed by atoms with Crippen molar-refractivity contribution in [3.05, 3.63) is 83.2 Å². The van der Waals surface area contributed by atoms with Crippen LogP contribution < -0.4 is 0 Å². The van der Waals surface area contributed by atoms with E-state index >= 15 is 0 Å². The van der Waals surface area contributed by atoms with E-state index in [-0.39, 0.29) is 5.82 Å². The van der Waals surface area contributed by atoms with Crippen LogP contribution in [0.1, 0.15) is 22.3 Å². The molecule has 0 aliphatic rings. The fourth-order valence-corrected chi connectivity index (χ4v) is 1.82. The second-order valence-electron chi connectivity index (χ2n) is 4.74. The summed E-state index contributed by atoms with van der Waals surface area (Å²) in [6, 6.07) is 13.0. The normalized spacial score (nSPS) is 11.3. The largest absolute Gasteiger partial charge is 0.207 e. The molecule has 2 aromatic carbocycles. The Hall–Kier alpha value is -2.55. The van der Waals surface area contributed by atoms with Crippen molar-refractivity contribution in [3.63, 3.8) is 0 Å². The highest BCUT2D eigenvalue weighted by atomic mass is 19.1. The molecule has 0 heterocycles. The number of rotatable bonds is 5. The molecule has 0 atom stereocenters. The molecule has 0 radical (unpaired) electrons. The Morgan fingerprint density at radius 2 is 1.62 bits per heavy atom. The van der Waals surface area contributed by atoms with Gasteiger partial charge in [-0.1, -0.05) is 48.0 Å². The van der Waals surface area contributed by atoms with Crippen molar-refractivity contribution in [2.24, 2.45) is 10.2 Å². The monoisotopic (exact) mass is 280 g/mol. The quantitative estimate of drug-likeness (QED) is 0.443. The maximum Gasteiger partial charge on any atom is 0.127 e. The summed E-state index contributed by atoms with van der Waals surface area (Å²) in [5.41, 5.74) is 3.49. The first-order valence-corrected chi connectivity index (χ1v) is 6.71. The molecule has 0 saturated heterocycles. The molecular formula is C18H17FN2. The molecule has 0 spiro atoms. The Labute approximate surface area is 124 Å². The van der Waals surface area contributed by atoms with Crippen molar-refractivity contribution >= 4 is 12.4 Å². The van der Waals surface area contributed by atoms with Crippen LogP contribution in [-0.4, -0.2) is 12.4 Å². The van der Waals surface area contributed by atoms with E-state index in [1.165, 1.54) is 17.8 Å². The third kappa shape index (κ3) is 4.49. The molecule has 0 aliphatic carbocycles. The van der Waals surface area contributed by atoms with Crippen LogP contribution in [0.3, 0.4) is 0 Å². The molecule has 2 aromatic rings. The van der Waals surface area contributed by atoms with Gasteiger partial charge in [-0.15, -0.1) is 6.58 Å². The number of halogens is 1. The third-order valence-corrected chi connectivity index (χ3v) is 3.00. The summed E-state index contributed by atoms with van der Waals surface area (Å²) in [7, 11) is 0. The van der Waals surface area contributed by atoms with E-state index in [0.29, 0.717) is 17.5 Å². The molecule has 0 amide bonds. The fourth-order valence-electron chi connectivity index (χ4n) is 1.82. The number of hydrogen-bond acceptors (Lipinski definition) is 2. The van der Waals surface area contributed by atoms with Gasteiger partial charge in [0.25, 0.3) is 0 Å². The maximum atomic E-state index is 13.7. The van der Waals surface area contributed by atoms with Gasteiger partial charge in [-0.2, -0.15) is 10.2 Å². The first-order valence-electron chi connectivity index (χ1n) is 6.71. The predicted molar refractivity (Wildman–Crippen MR) is 86.7 cm³/mol. The minimum Gasteiger partial charge on any atom is -0.207 e. The second kappa shape index (κ2) is 7.29. The molecule has 2 nitrogen and oxygen atoms in total. The molecule has 0 saturated carbocycles. The minimum atomic E-state index is -0.249. The van der Waals surface area contributed by atoms with E-state index in [0.717, 1.165) is 5.56 Å². The molecule has 2 rings (SSSR count). The van der Waals surface area contributed by atoms with E-state index < -0.39 is 0 Å². The topological polar surface area (TPSA) is 24.7 Å². The Morgan fingerprint density at radius 3 is 2.24 bits per heavy atom. The number of aryl methyl sites for hydroxylation is 1. The van der Waals surface area contributed by atoms with Gasteiger partial charge in [-0.3, -0.25) is 0 Å². The zero-order chi connectivity index (χ0) is 15.1. The zero-order valence-corrected chi connectivity index (χ0v) is 12.0. The molecule has 0 unspecified atom stereocenters. The molecule has 21 heavy (non-hydrogen) atoms. The first-order chi connectivity index (χ1) is 10.2. The van der Waals surface area contributed by atoms with Crippen molar-refractivity contribution < 1.29 is 4.39 Å². The van der Waals surface area contributed by atoms with Crippen LogP contribution in [0.4, 0.5) is 4.39 Å². The smallest absolute Gasteiger partial charge is 0.127 e. The summed E-state index contributed by atoms with van der Waals surface area (Å²) in [5, 5.41) is 7.89. The van der Waals surface area contributed by atoms with Crippen LogP contribution >= 0.6 is 0 Å². The van der Waals surface area contributed by atoms with Gasteiger partial charge in [0, 0.05) is 0 Å². The molecule has 0 bridgehead atoms. The van der Waals surface area contributed by atoms with E-state index in [2.05, 4.69) is 16.8 Å². The Bertz CT molecular complexity index is 670. The Balaban J connectivity index is 2.02. The van der Waals surface area contributed by atoms with Gasteiger partial charge in [0.05, 0.1) is 12.4 Å². The van der Waals surface area contributed by atoms with Crippen LogP contribution in [-0.2, 0) is 6.42 Å². The van der Waals surface area contributed by atoms with Gasteiger partial charge in [-0.25, -0.2) is 4.39 Å². The van der Waals surface area contributed by atoms with Crippen molar-refractivity contribution in [1.29, 1.82) is 0 Å². The first kappa shape index (κ1) is 14.9. The average Bonchev–Trinajstić information content (AvgIpc) is 2.48. The van der Waals surface area contributed by atoms with Crippen molar-refractivity contribution in [1.82, 2.24) is 0 Å². The molecular weight excluding hydrogens is 263 g/mol. The predicted octanol–water partition coefficient (Wildman–Crippen LogP) is 4.32. The number of hydrogen-bond donors (Lipinski definition) is 0. The number of allylic oxidation sites excluding steroid dienone is 1. The Kier molecular flexibility index (Phi) is 5.16. The lowest BCUT2D eigenvalue weighted by Crippen LogP contribution is -1.91. The number of nitrogens with zero attached hydrogens (tertiary/aromatic N) is 2. The van der Waals surface area contributed by atoms with Crippen LogP contribution in [0.15, 0.2) is 65.3 Å². The van der Waals surface area contributed by atoms with E-state index in [9.17, 15) is 4.39 Å². The van der Waals surface area contributed by atoms with Gasteiger partial charge in [-0.05, 0) is 36.1 Å². The summed E-state index contributed by atoms with van der Waals surface area (Å²) in [6.45, 7) is 5.63. The molecule has 0 aromatic heterocycles. The molecule has 0 fully saturated rings. The van der Waals surface area contributed by atoms with Crippen LogP contribution in [0, 0.1) is 12.7 Å². The summed E-state index contributed by atoms with van der Waals surface area (Å²) in [5.74, 6) is -0.249. The highest BCUT2D eigenvalue weighted by Crippen LogP contribution is 2.10. The van der Waals surface area contributed by atoms with Gasteiger partial charge in [0.1, 0.15) is 5.82 Å². The van der Waals surface area contributed by atoms with E-state index in [1.54, 1.807) is 18.4 Å². The summed E-state index contributed by atoms with van der Waals surface area (Å²) in [6.07, 6.45) is 5.40. The van der Waals surface area contributed by atoms with Crippen LogP contribution in [0.5, 0.6) is 0 Å². The lowest BCUT2D eigenvalue weighted by molar-refractivity contribution is 0.614. The third-order valence-electron chi connectivity index (χ3n) is 3.00. The average molecular weight is 280 g/mol. The van der Waals surface area contributed by atoms with Gasteiger partial charge in [0.2, 0.25) is 0 Å².